The smallest absolute Gasteiger partial charge is 0.414 e. The van der Waals surface area contributed by atoms with Crippen LogP contribution >= 0.6 is 0 Å². The molecule has 0 unspecified atom stereocenters. The number of aliphatic hydroxyl groups is 3. The van der Waals surface area contributed by atoms with Crippen LogP contribution < -0.4 is 0 Å². The molecular formula is C6H12O9. The van der Waals surface area contributed by atoms with Gasteiger partial charge in [0.05, 0.1) is 13.2 Å². The molecule has 0 radical (unpaired) electrons. The summed E-state index contributed by atoms with van der Waals surface area (Å²) in [4.78, 5) is 26.6. The molecule has 0 rings (SSSR count). The zero-order chi connectivity index (χ0) is 12.9. The van der Waals surface area contributed by atoms with E-state index in [-0.39, 0.29) is 19.7 Å². The maximum Gasteiger partial charge on any atom is 0.414 e. The predicted octanol–water partition coefficient (Wildman–Crippen LogP) is -2.81. The van der Waals surface area contributed by atoms with Gasteiger partial charge in [-0.05, 0) is 0 Å². The molecule has 0 aliphatic rings. The highest BCUT2D eigenvalue weighted by atomic mass is 16.4. The molecule has 15 heavy (non-hydrogen) atoms. The maximum atomic E-state index is 9.10. The molecule has 0 saturated carbocycles. The molecule has 0 aromatic carbocycles. The van der Waals surface area contributed by atoms with Gasteiger partial charge in [0, 0.05) is 0 Å². The molecular weight excluding hydrogens is 216 g/mol. The standard InChI is InChI=1S/C3H8O3.C2H2O4.CH2O2/c4-1-3(6)2-5;3-1(4)2(5)6;2-1-3/h3-6H,1-2H2;(H,3,4)(H,5,6);1H,(H,2,3). The van der Waals surface area contributed by atoms with Gasteiger partial charge >= 0.3 is 11.9 Å². The van der Waals surface area contributed by atoms with Crippen molar-refractivity contribution >= 4 is 18.4 Å². The second-order valence-corrected chi connectivity index (χ2v) is 1.73. The van der Waals surface area contributed by atoms with E-state index in [0.717, 1.165) is 0 Å². The average Bonchev–Trinajstić information content (AvgIpc) is 2.18. The first-order chi connectivity index (χ1) is 6.87. The summed E-state index contributed by atoms with van der Waals surface area (Å²) in [5, 5.41) is 45.7. The van der Waals surface area contributed by atoms with Crippen LogP contribution in [0.15, 0.2) is 0 Å². The number of hydrogen-bond donors (Lipinski definition) is 6. The van der Waals surface area contributed by atoms with Crippen LogP contribution in [0.4, 0.5) is 0 Å². The molecule has 0 aliphatic heterocycles. The Morgan fingerprint density at radius 1 is 1.07 bits per heavy atom. The summed E-state index contributed by atoms with van der Waals surface area (Å²) >= 11 is 0. The lowest BCUT2D eigenvalue weighted by Crippen LogP contribution is -2.15. The number of carboxylic acids is 2. The SMILES string of the molecule is O=C(O)C(=O)O.O=CO.OCC(O)CO. The second-order valence-electron chi connectivity index (χ2n) is 1.73. The van der Waals surface area contributed by atoms with Crippen LogP contribution in [0.1, 0.15) is 0 Å². The van der Waals surface area contributed by atoms with Crippen molar-refractivity contribution in [1.29, 1.82) is 0 Å². The van der Waals surface area contributed by atoms with Crippen molar-refractivity contribution in [3.8, 4) is 0 Å². The number of aliphatic carboxylic acids is 2. The van der Waals surface area contributed by atoms with E-state index in [2.05, 4.69) is 0 Å². The van der Waals surface area contributed by atoms with Crippen molar-refractivity contribution in [2.24, 2.45) is 0 Å². The Hall–Kier alpha value is -1.71. The molecule has 0 amide bonds. The van der Waals surface area contributed by atoms with E-state index in [0.29, 0.717) is 0 Å². The van der Waals surface area contributed by atoms with E-state index >= 15 is 0 Å². The van der Waals surface area contributed by atoms with E-state index in [4.69, 9.17) is 45.0 Å². The fourth-order valence-corrected chi connectivity index (χ4v) is 0.0577. The number of carbonyl (C=O) groups is 3. The number of carboxylic acid groups (broad SMARTS) is 3. The highest BCUT2D eigenvalue weighted by molar-refractivity contribution is 6.27. The Balaban J connectivity index is -0.000000153. The number of aliphatic hydroxyl groups excluding tert-OH is 3. The summed E-state index contributed by atoms with van der Waals surface area (Å²) in [7, 11) is 0. The van der Waals surface area contributed by atoms with Gasteiger partial charge in [-0.25, -0.2) is 9.59 Å². The molecule has 9 heteroatoms. The zero-order valence-corrected chi connectivity index (χ0v) is 7.48. The third-order valence-corrected chi connectivity index (χ3v) is 0.604. The predicted molar refractivity (Wildman–Crippen MR) is 44.1 cm³/mol. The van der Waals surface area contributed by atoms with Gasteiger partial charge in [-0.1, -0.05) is 0 Å². The van der Waals surface area contributed by atoms with E-state index in [1.54, 1.807) is 0 Å². The van der Waals surface area contributed by atoms with Crippen LogP contribution in [-0.2, 0) is 14.4 Å². The fourth-order valence-electron chi connectivity index (χ4n) is 0.0577. The molecule has 90 valence electrons. The normalized spacial score (nSPS) is 7.73. The quantitative estimate of drug-likeness (QED) is 0.215. The molecule has 0 spiro atoms. The Bertz CT molecular complexity index is 161. The number of hydrogen-bond acceptors (Lipinski definition) is 6. The number of rotatable bonds is 2. The van der Waals surface area contributed by atoms with Crippen LogP contribution in [0.2, 0.25) is 0 Å². The second kappa shape index (κ2) is 14.8. The van der Waals surface area contributed by atoms with Gasteiger partial charge in [0.2, 0.25) is 0 Å². The van der Waals surface area contributed by atoms with E-state index in [9.17, 15) is 0 Å². The minimum atomic E-state index is -1.82. The molecule has 0 bridgehead atoms. The third kappa shape index (κ3) is 32.9. The van der Waals surface area contributed by atoms with Gasteiger partial charge in [-0.15, -0.1) is 0 Å². The fraction of sp³-hybridized carbons (Fsp3) is 0.500. The van der Waals surface area contributed by atoms with Crippen LogP contribution in [0.3, 0.4) is 0 Å². The summed E-state index contributed by atoms with van der Waals surface area (Å²) < 4.78 is 0. The van der Waals surface area contributed by atoms with E-state index < -0.39 is 18.0 Å². The zero-order valence-electron chi connectivity index (χ0n) is 7.48. The summed E-state index contributed by atoms with van der Waals surface area (Å²) in [5.74, 6) is -3.65. The Morgan fingerprint density at radius 3 is 1.27 bits per heavy atom. The molecule has 0 aliphatic carbocycles. The van der Waals surface area contributed by atoms with Crippen molar-refractivity contribution in [2.45, 2.75) is 6.10 Å². The topological polar surface area (TPSA) is 173 Å². The van der Waals surface area contributed by atoms with Gasteiger partial charge in [-0.3, -0.25) is 4.79 Å². The third-order valence-electron chi connectivity index (χ3n) is 0.604. The molecule has 0 aromatic heterocycles. The molecule has 9 nitrogen and oxygen atoms in total. The lowest BCUT2D eigenvalue weighted by atomic mass is 10.4. The minimum Gasteiger partial charge on any atom is -0.483 e. The largest absolute Gasteiger partial charge is 0.483 e. The van der Waals surface area contributed by atoms with Gasteiger partial charge in [0.25, 0.3) is 6.47 Å². The van der Waals surface area contributed by atoms with Crippen molar-refractivity contribution in [3.63, 3.8) is 0 Å². The highest BCUT2D eigenvalue weighted by Crippen LogP contribution is 1.71. The summed E-state index contributed by atoms with van der Waals surface area (Å²) in [6, 6.07) is 0. The summed E-state index contributed by atoms with van der Waals surface area (Å²) in [6.07, 6.45) is -0.954. The van der Waals surface area contributed by atoms with Gasteiger partial charge < -0.3 is 30.6 Å². The van der Waals surface area contributed by atoms with Crippen molar-refractivity contribution in [2.75, 3.05) is 13.2 Å². The molecule has 0 atom stereocenters. The first-order valence-electron chi connectivity index (χ1n) is 3.31. The molecule has 0 aromatic rings. The van der Waals surface area contributed by atoms with E-state index in [1.807, 2.05) is 0 Å². The van der Waals surface area contributed by atoms with Gasteiger partial charge in [0.1, 0.15) is 6.10 Å². The van der Waals surface area contributed by atoms with Gasteiger partial charge in [0.15, 0.2) is 0 Å². The van der Waals surface area contributed by atoms with E-state index in [1.165, 1.54) is 0 Å². The van der Waals surface area contributed by atoms with Crippen molar-refractivity contribution in [3.05, 3.63) is 0 Å². The molecule has 6 N–H and O–H groups in total. The average molecular weight is 228 g/mol. The highest BCUT2D eigenvalue weighted by Gasteiger charge is 2.04. The Labute approximate surface area is 83.8 Å². The van der Waals surface area contributed by atoms with Crippen LogP contribution in [-0.4, -0.2) is 68.4 Å². The molecule has 0 fully saturated rings. The van der Waals surface area contributed by atoms with Crippen LogP contribution in [0, 0.1) is 0 Å². The first kappa shape index (κ1) is 19.0. The van der Waals surface area contributed by atoms with Gasteiger partial charge in [-0.2, -0.15) is 0 Å². The first-order valence-corrected chi connectivity index (χ1v) is 3.31. The minimum absolute atomic E-state index is 0.250. The molecule has 0 heterocycles. The lowest BCUT2D eigenvalue weighted by molar-refractivity contribution is -0.159. The molecule has 0 saturated heterocycles. The Kier molecular flexibility index (Phi) is 18.7. The van der Waals surface area contributed by atoms with Crippen LogP contribution in [0.5, 0.6) is 0 Å². The monoisotopic (exact) mass is 228 g/mol. The van der Waals surface area contributed by atoms with Crippen LogP contribution in [0.25, 0.3) is 0 Å². The summed E-state index contributed by atoms with van der Waals surface area (Å²) in [5.41, 5.74) is 0. The van der Waals surface area contributed by atoms with Crippen molar-refractivity contribution in [1.82, 2.24) is 0 Å². The van der Waals surface area contributed by atoms with Crippen molar-refractivity contribution < 1.29 is 45.0 Å². The Morgan fingerprint density at radius 2 is 1.27 bits per heavy atom. The maximum absolute atomic E-state index is 9.10. The lowest BCUT2D eigenvalue weighted by Gasteiger charge is -1.96. The summed E-state index contributed by atoms with van der Waals surface area (Å²) in [6.45, 7) is -0.979.